The SMILES string of the molecule is CCNC(COC)Cc1nc(C(CC)OCC)no1. The Hall–Kier alpha value is -0.980. The standard InChI is InChI=1S/C13H25N3O3/c1-5-11(18-7-3)13-15-12(19-16-13)8-10(9-17-4)14-6-2/h10-11,14H,5-9H2,1-4H3. The summed E-state index contributed by atoms with van der Waals surface area (Å²) < 4.78 is 16.0. The summed E-state index contributed by atoms with van der Waals surface area (Å²) in [6.07, 6.45) is 1.42. The first kappa shape index (κ1) is 16.1. The van der Waals surface area contributed by atoms with E-state index in [1.54, 1.807) is 7.11 Å². The quantitative estimate of drug-likeness (QED) is 0.699. The average Bonchev–Trinajstić information content (AvgIpc) is 2.85. The molecule has 0 aliphatic carbocycles. The fourth-order valence-electron chi connectivity index (χ4n) is 1.95. The van der Waals surface area contributed by atoms with E-state index >= 15 is 0 Å². The van der Waals surface area contributed by atoms with Crippen molar-refractivity contribution in [1.82, 2.24) is 15.5 Å². The highest BCUT2D eigenvalue weighted by molar-refractivity contribution is 4.93. The van der Waals surface area contributed by atoms with E-state index in [1.165, 1.54) is 0 Å². The summed E-state index contributed by atoms with van der Waals surface area (Å²) in [6.45, 7) is 8.21. The number of aromatic nitrogens is 2. The van der Waals surface area contributed by atoms with Crippen LogP contribution in [-0.2, 0) is 15.9 Å². The molecule has 0 fully saturated rings. The van der Waals surface area contributed by atoms with Gasteiger partial charge in [0, 0.05) is 26.2 Å². The molecule has 1 N–H and O–H groups in total. The van der Waals surface area contributed by atoms with Crippen molar-refractivity contribution in [3.05, 3.63) is 11.7 Å². The zero-order valence-electron chi connectivity index (χ0n) is 12.3. The van der Waals surface area contributed by atoms with Gasteiger partial charge in [0.15, 0.2) is 0 Å². The van der Waals surface area contributed by atoms with Crippen molar-refractivity contribution < 1.29 is 14.0 Å². The van der Waals surface area contributed by atoms with E-state index in [0.717, 1.165) is 13.0 Å². The smallest absolute Gasteiger partial charge is 0.228 e. The lowest BCUT2D eigenvalue weighted by Gasteiger charge is -2.14. The van der Waals surface area contributed by atoms with Gasteiger partial charge in [-0.25, -0.2) is 0 Å². The second-order valence-electron chi connectivity index (χ2n) is 4.31. The molecule has 2 atom stereocenters. The first-order valence-electron chi connectivity index (χ1n) is 6.91. The zero-order chi connectivity index (χ0) is 14.1. The second-order valence-corrected chi connectivity index (χ2v) is 4.31. The van der Waals surface area contributed by atoms with Gasteiger partial charge in [-0.15, -0.1) is 0 Å². The largest absolute Gasteiger partial charge is 0.383 e. The fourth-order valence-corrected chi connectivity index (χ4v) is 1.95. The summed E-state index contributed by atoms with van der Waals surface area (Å²) in [6, 6.07) is 0.190. The maximum Gasteiger partial charge on any atom is 0.228 e. The molecule has 0 aromatic carbocycles. The van der Waals surface area contributed by atoms with Gasteiger partial charge in [-0.1, -0.05) is 19.0 Å². The van der Waals surface area contributed by atoms with E-state index in [4.69, 9.17) is 14.0 Å². The van der Waals surface area contributed by atoms with Crippen LogP contribution in [0, 0.1) is 0 Å². The Morgan fingerprint density at radius 3 is 2.68 bits per heavy atom. The van der Waals surface area contributed by atoms with E-state index in [2.05, 4.69) is 22.4 Å². The van der Waals surface area contributed by atoms with Crippen molar-refractivity contribution in [2.24, 2.45) is 0 Å². The molecule has 6 heteroatoms. The molecule has 6 nitrogen and oxygen atoms in total. The lowest BCUT2D eigenvalue weighted by atomic mass is 10.2. The average molecular weight is 271 g/mol. The van der Waals surface area contributed by atoms with Crippen molar-refractivity contribution in [2.75, 3.05) is 26.9 Å². The van der Waals surface area contributed by atoms with Gasteiger partial charge in [-0.2, -0.15) is 4.98 Å². The van der Waals surface area contributed by atoms with Gasteiger partial charge >= 0.3 is 0 Å². The molecule has 0 radical (unpaired) electrons. The predicted molar refractivity (Wildman–Crippen MR) is 72.0 cm³/mol. The molecule has 0 aliphatic rings. The molecule has 0 saturated heterocycles. The van der Waals surface area contributed by atoms with Gasteiger partial charge in [0.05, 0.1) is 6.61 Å². The third kappa shape index (κ3) is 5.26. The monoisotopic (exact) mass is 271 g/mol. The van der Waals surface area contributed by atoms with Crippen LogP contribution < -0.4 is 5.32 Å². The minimum atomic E-state index is -0.0810. The van der Waals surface area contributed by atoms with Crippen LogP contribution in [0.4, 0.5) is 0 Å². The molecule has 110 valence electrons. The molecule has 1 rings (SSSR count). The number of hydrogen-bond donors (Lipinski definition) is 1. The highest BCUT2D eigenvalue weighted by Crippen LogP contribution is 2.18. The van der Waals surface area contributed by atoms with Crippen LogP contribution in [0.1, 0.15) is 45.0 Å². The molecule has 0 spiro atoms. The molecule has 0 saturated carbocycles. The highest BCUT2D eigenvalue weighted by Gasteiger charge is 2.19. The maximum absolute atomic E-state index is 5.57. The van der Waals surface area contributed by atoms with E-state index in [-0.39, 0.29) is 12.1 Å². The zero-order valence-corrected chi connectivity index (χ0v) is 12.3. The lowest BCUT2D eigenvalue weighted by Crippen LogP contribution is -2.35. The van der Waals surface area contributed by atoms with Crippen LogP contribution in [0.5, 0.6) is 0 Å². The first-order chi connectivity index (χ1) is 9.24. The first-order valence-corrected chi connectivity index (χ1v) is 6.91. The number of rotatable bonds is 10. The van der Waals surface area contributed by atoms with Crippen LogP contribution in [0.25, 0.3) is 0 Å². The minimum Gasteiger partial charge on any atom is -0.383 e. The Morgan fingerprint density at radius 2 is 2.11 bits per heavy atom. The van der Waals surface area contributed by atoms with Gasteiger partial charge in [-0.3, -0.25) is 0 Å². The van der Waals surface area contributed by atoms with Gasteiger partial charge < -0.3 is 19.3 Å². The van der Waals surface area contributed by atoms with Crippen LogP contribution >= 0.6 is 0 Å². The summed E-state index contributed by atoms with van der Waals surface area (Å²) in [5.41, 5.74) is 0. The van der Waals surface area contributed by atoms with Gasteiger partial charge in [0.1, 0.15) is 6.10 Å². The summed E-state index contributed by atoms with van der Waals surface area (Å²) >= 11 is 0. The van der Waals surface area contributed by atoms with E-state index in [1.807, 2.05) is 13.8 Å². The summed E-state index contributed by atoms with van der Waals surface area (Å²) in [5, 5.41) is 7.33. The Morgan fingerprint density at radius 1 is 1.32 bits per heavy atom. The molecule has 2 unspecified atom stereocenters. The molecular formula is C13H25N3O3. The van der Waals surface area contributed by atoms with Crippen LogP contribution in [-0.4, -0.2) is 43.1 Å². The van der Waals surface area contributed by atoms with Crippen molar-refractivity contribution in [1.29, 1.82) is 0 Å². The molecule has 19 heavy (non-hydrogen) atoms. The van der Waals surface area contributed by atoms with Crippen molar-refractivity contribution >= 4 is 0 Å². The lowest BCUT2D eigenvalue weighted by molar-refractivity contribution is 0.0518. The van der Waals surface area contributed by atoms with Crippen LogP contribution in [0.3, 0.4) is 0 Å². The fraction of sp³-hybridized carbons (Fsp3) is 0.846. The maximum atomic E-state index is 5.57. The molecule has 1 aromatic heterocycles. The Bertz CT molecular complexity index is 338. The van der Waals surface area contributed by atoms with Crippen molar-refractivity contribution in [3.63, 3.8) is 0 Å². The predicted octanol–water partition coefficient (Wildman–Crippen LogP) is 1.72. The summed E-state index contributed by atoms with van der Waals surface area (Å²) in [4.78, 5) is 4.41. The third-order valence-electron chi connectivity index (χ3n) is 2.79. The number of nitrogens with zero attached hydrogens (tertiary/aromatic N) is 2. The number of hydrogen-bond acceptors (Lipinski definition) is 6. The summed E-state index contributed by atoms with van der Waals surface area (Å²) in [7, 11) is 1.69. The summed E-state index contributed by atoms with van der Waals surface area (Å²) in [5.74, 6) is 1.25. The van der Waals surface area contributed by atoms with E-state index in [0.29, 0.717) is 31.3 Å². The molecule has 1 aromatic rings. The second kappa shape index (κ2) is 9.01. The van der Waals surface area contributed by atoms with Crippen LogP contribution in [0.2, 0.25) is 0 Å². The van der Waals surface area contributed by atoms with E-state index in [9.17, 15) is 0 Å². The molecule has 0 bridgehead atoms. The molecular weight excluding hydrogens is 246 g/mol. The number of methoxy groups -OCH3 is 1. The number of ether oxygens (including phenoxy) is 2. The van der Waals surface area contributed by atoms with Gasteiger partial charge in [0.25, 0.3) is 0 Å². The molecule has 1 heterocycles. The Kier molecular flexibility index (Phi) is 7.62. The van der Waals surface area contributed by atoms with Crippen LogP contribution in [0.15, 0.2) is 4.52 Å². The Labute approximate surface area is 114 Å². The topological polar surface area (TPSA) is 69.4 Å². The van der Waals surface area contributed by atoms with Crippen molar-refractivity contribution in [3.8, 4) is 0 Å². The number of nitrogens with one attached hydrogen (secondary N) is 1. The Balaban J connectivity index is 2.61. The molecule has 0 amide bonds. The normalized spacial score (nSPS) is 14.5. The van der Waals surface area contributed by atoms with Crippen molar-refractivity contribution in [2.45, 2.75) is 45.8 Å². The minimum absolute atomic E-state index is 0.0810. The van der Waals surface area contributed by atoms with Gasteiger partial charge in [-0.05, 0) is 19.9 Å². The molecule has 0 aliphatic heterocycles. The van der Waals surface area contributed by atoms with E-state index < -0.39 is 0 Å². The number of likely N-dealkylation sites (N-methyl/N-ethyl adjacent to an activating group) is 1. The third-order valence-corrected chi connectivity index (χ3v) is 2.79. The highest BCUT2D eigenvalue weighted by atomic mass is 16.5. The van der Waals surface area contributed by atoms with Gasteiger partial charge in [0.2, 0.25) is 11.7 Å².